The van der Waals surface area contributed by atoms with Gasteiger partial charge in [-0.3, -0.25) is 4.79 Å². The van der Waals surface area contributed by atoms with Crippen molar-refractivity contribution in [3.8, 4) is 34.6 Å². The molecule has 0 saturated carbocycles. The number of nitrogens with one attached hydrogen (secondary N) is 1. The summed E-state index contributed by atoms with van der Waals surface area (Å²) < 4.78 is 18.5. The molecule has 8 heteroatoms. The fourth-order valence-corrected chi connectivity index (χ4v) is 3.27. The Bertz CT molecular complexity index is 1090. The highest BCUT2D eigenvalue weighted by atomic mass is 16.7. The molecule has 1 amide bonds. The normalized spacial score (nSPS) is 12.4. The molecule has 0 aliphatic carbocycles. The van der Waals surface area contributed by atoms with E-state index in [1.165, 1.54) is 0 Å². The first kappa shape index (κ1) is 21.7. The Kier molecular flexibility index (Phi) is 6.30. The van der Waals surface area contributed by atoms with Crippen LogP contribution in [0.1, 0.15) is 34.1 Å². The van der Waals surface area contributed by atoms with Gasteiger partial charge in [-0.25, -0.2) is 4.68 Å². The van der Waals surface area contributed by atoms with Crippen LogP contribution in [0.4, 0.5) is 5.69 Å². The van der Waals surface area contributed by atoms with Gasteiger partial charge < -0.3 is 19.5 Å². The van der Waals surface area contributed by atoms with E-state index >= 15 is 0 Å². The molecule has 32 heavy (non-hydrogen) atoms. The van der Waals surface area contributed by atoms with E-state index < -0.39 is 0 Å². The van der Waals surface area contributed by atoms with Crippen LogP contribution in [0.25, 0.3) is 17.1 Å². The monoisotopic (exact) mass is 436 g/mol. The van der Waals surface area contributed by atoms with E-state index in [0.29, 0.717) is 48.2 Å². The molecule has 0 unspecified atom stereocenters. The van der Waals surface area contributed by atoms with Crippen molar-refractivity contribution < 1.29 is 19.0 Å². The summed E-state index contributed by atoms with van der Waals surface area (Å²) in [5, 5.41) is 7.50. The number of hydrogen-bond donors (Lipinski definition) is 1. The third kappa shape index (κ3) is 5.01. The zero-order valence-corrected chi connectivity index (χ0v) is 18.8. The third-order valence-electron chi connectivity index (χ3n) is 4.75. The Morgan fingerprint density at radius 3 is 2.53 bits per heavy atom. The quantitative estimate of drug-likeness (QED) is 0.552. The molecule has 2 aromatic carbocycles. The highest BCUT2D eigenvalue weighted by Crippen LogP contribution is 2.36. The van der Waals surface area contributed by atoms with Crippen LogP contribution in [0.15, 0.2) is 42.5 Å². The molecule has 1 aliphatic rings. The summed E-state index contributed by atoms with van der Waals surface area (Å²) in [6.45, 7) is 8.90. The molecular formula is C24H28N4O4. The summed E-state index contributed by atoms with van der Waals surface area (Å²) in [4.78, 5) is 16.7. The molecular weight excluding hydrogens is 408 g/mol. The van der Waals surface area contributed by atoms with Gasteiger partial charge in [-0.15, -0.1) is 5.10 Å². The number of amides is 1. The summed E-state index contributed by atoms with van der Waals surface area (Å²) in [5.74, 6) is 2.66. The van der Waals surface area contributed by atoms with Crippen molar-refractivity contribution >= 4 is 11.6 Å². The maximum Gasteiger partial charge on any atom is 0.336 e. The molecule has 0 atom stereocenters. The summed E-state index contributed by atoms with van der Waals surface area (Å²) >= 11 is 0. The molecule has 1 aliphatic heterocycles. The van der Waals surface area contributed by atoms with E-state index in [9.17, 15) is 4.79 Å². The Hall–Kier alpha value is -3.55. The molecule has 0 radical (unpaired) electrons. The lowest BCUT2D eigenvalue weighted by Gasteiger charge is -2.09. The topological polar surface area (TPSA) is 87.5 Å². The molecule has 168 valence electrons. The summed E-state index contributed by atoms with van der Waals surface area (Å²) in [5.41, 5.74) is 2.36. The average molecular weight is 437 g/mol. The first-order chi connectivity index (χ1) is 15.4. The molecule has 4 rings (SSSR count). The average Bonchev–Trinajstić information content (AvgIpc) is 3.38. The van der Waals surface area contributed by atoms with Crippen LogP contribution in [0.3, 0.4) is 0 Å². The second kappa shape index (κ2) is 9.30. The number of carbonyl (C=O) groups is 1. The second-order valence-electron chi connectivity index (χ2n) is 8.60. The summed E-state index contributed by atoms with van der Waals surface area (Å²) in [6.07, 6.45) is 0.482. The van der Waals surface area contributed by atoms with Gasteiger partial charge >= 0.3 is 6.01 Å². The molecule has 0 saturated heterocycles. The van der Waals surface area contributed by atoms with Crippen LogP contribution in [0.2, 0.25) is 0 Å². The van der Waals surface area contributed by atoms with Crippen molar-refractivity contribution in [2.24, 2.45) is 11.8 Å². The van der Waals surface area contributed by atoms with Crippen molar-refractivity contribution in [2.45, 2.75) is 34.1 Å². The Morgan fingerprint density at radius 1 is 1.06 bits per heavy atom. The molecule has 1 aromatic heterocycles. The molecule has 1 N–H and O–H groups in total. The maximum absolute atomic E-state index is 12.1. The van der Waals surface area contributed by atoms with Gasteiger partial charge in [0.1, 0.15) is 0 Å². The van der Waals surface area contributed by atoms with Crippen LogP contribution in [0, 0.1) is 11.8 Å². The fourth-order valence-electron chi connectivity index (χ4n) is 3.27. The minimum absolute atomic E-state index is 0.000994. The summed E-state index contributed by atoms with van der Waals surface area (Å²) in [7, 11) is 0. The standard InChI is InChI=1S/C24H28N4O4/c1-15(2)11-22(29)25-18-6-8-19(9-7-18)28-23(26-24(27-28)30-13-16(3)4)17-5-10-20-21(12-17)32-14-31-20/h5-10,12,15-16H,11,13-14H2,1-4H3,(H,25,29). The van der Waals surface area contributed by atoms with E-state index in [1.807, 2.05) is 56.3 Å². The van der Waals surface area contributed by atoms with Gasteiger partial charge in [0.2, 0.25) is 12.7 Å². The van der Waals surface area contributed by atoms with E-state index in [0.717, 1.165) is 16.9 Å². The van der Waals surface area contributed by atoms with Crippen LogP contribution in [-0.4, -0.2) is 34.1 Å². The van der Waals surface area contributed by atoms with E-state index in [1.54, 1.807) is 4.68 Å². The lowest BCUT2D eigenvalue weighted by atomic mass is 10.1. The van der Waals surface area contributed by atoms with E-state index in [-0.39, 0.29) is 12.7 Å². The van der Waals surface area contributed by atoms with Crippen LogP contribution < -0.4 is 19.5 Å². The maximum atomic E-state index is 12.1. The smallest absolute Gasteiger partial charge is 0.336 e. The number of carbonyl (C=O) groups excluding carboxylic acids is 1. The number of nitrogens with zero attached hydrogens (tertiary/aromatic N) is 3. The zero-order chi connectivity index (χ0) is 22.7. The number of fused-ring (bicyclic) bond motifs is 1. The predicted octanol–water partition coefficient (Wildman–Crippen LogP) is 4.68. The van der Waals surface area contributed by atoms with Crippen molar-refractivity contribution in [2.75, 3.05) is 18.7 Å². The van der Waals surface area contributed by atoms with Gasteiger partial charge in [0, 0.05) is 17.7 Å². The largest absolute Gasteiger partial charge is 0.462 e. The van der Waals surface area contributed by atoms with Crippen molar-refractivity contribution in [3.63, 3.8) is 0 Å². The molecule has 0 spiro atoms. The number of ether oxygens (including phenoxy) is 3. The molecule has 3 aromatic rings. The van der Waals surface area contributed by atoms with Gasteiger partial charge in [-0.1, -0.05) is 27.7 Å². The Labute approximate surface area is 187 Å². The third-order valence-corrected chi connectivity index (χ3v) is 4.75. The predicted molar refractivity (Wildman–Crippen MR) is 121 cm³/mol. The van der Waals surface area contributed by atoms with Gasteiger partial charge in [0.05, 0.1) is 12.3 Å². The van der Waals surface area contributed by atoms with Gasteiger partial charge in [-0.2, -0.15) is 4.98 Å². The first-order valence-electron chi connectivity index (χ1n) is 10.8. The summed E-state index contributed by atoms with van der Waals surface area (Å²) in [6, 6.07) is 13.5. The van der Waals surface area contributed by atoms with Crippen molar-refractivity contribution in [3.05, 3.63) is 42.5 Å². The number of aromatic nitrogens is 3. The molecule has 8 nitrogen and oxygen atoms in total. The van der Waals surface area contributed by atoms with Gasteiger partial charge in [-0.05, 0) is 54.3 Å². The Balaban J connectivity index is 1.64. The molecule has 0 fully saturated rings. The molecule has 0 bridgehead atoms. The van der Waals surface area contributed by atoms with Crippen molar-refractivity contribution in [1.82, 2.24) is 14.8 Å². The number of anilines is 1. The second-order valence-corrected chi connectivity index (χ2v) is 8.60. The number of hydrogen-bond acceptors (Lipinski definition) is 6. The highest BCUT2D eigenvalue weighted by Gasteiger charge is 2.19. The SMILES string of the molecule is CC(C)COc1nc(-c2ccc3c(c2)OCO3)n(-c2ccc(NC(=O)CC(C)C)cc2)n1. The lowest BCUT2D eigenvalue weighted by molar-refractivity contribution is -0.116. The van der Waals surface area contributed by atoms with E-state index in [4.69, 9.17) is 14.2 Å². The minimum Gasteiger partial charge on any atom is -0.462 e. The van der Waals surface area contributed by atoms with Crippen molar-refractivity contribution in [1.29, 1.82) is 0 Å². The Morgan fingerprint density at radius 2 is 1.81 bits per heavy atom. The lowest BCUT2D eigenvalue weighted by Crippen LogP contribution is -2.13. The van der Waals surface area contributed by atoms with Gasteiger partial charge in [0.25, 0.3) is 0 Å². The van der Waals surface area contributed by atoms with Gasteiger partial charge in [0.15, 0.2) is 17.3 Å². The fraction of sp³-hybridized carbons (Fsp3) is 0.375. The first-order valence-corrected chi connectivity index (χ1v) is 10.8. The van der Waals surface area contributed by atoms with Crippen LogP contribution in [0.5, 0.6) is 17.5 Å². The number of benzene rings is 2. The highest BCUT2D eigenvalue weighted by molar-refractivity contribution is 5.90. The number of rotatable bonds is 8. The zero-order valence-electron chi connectivity index (χ0n) is 18.8. The van der Waals surface area contributed by atoms with E-state index in [2.05, 4.69) is 29.2 Å². The minimum atomic E-state index is -0.000994. The molecule has 2 heterocycles. The van der Waals surface area contributed by atoms with Crippen LogP contribution >= 0.6 is 0 Å². The van der Waals surface area contributed by atoms with Crippen LogP contribution in [-0.2, 0) is 4.79 Å².